The van der Waals surface area contributed by atoms with Gasteiger partial charge in [0, 0.05) is 34.1 Å². The van der Waals surface area contributed by atoms with Gasteiger partial charge in [0.1, 0.15) is 0 Å². The van der Waals surface area contributed by atoms with E-state index in [4.69, 9.17) is 23.2 Å². The molecule has 0 bridgehead atoms. The monoisotopic (exact) mass is 476 g/mol. The lowest BCUT2D eigenvalue weighted by Gasteiger charge is -2.10. The van der Waals surface area contributed by atoms with Crippen LogP contribution in [-0.4, -0.2) is 20.1 Å². The zero-order valence-corrected chi connectivity index (χ0v) is 18.5. The third-order valence-electron chi connectivity index (χ3n) is 4.25. The van der Waals surface area contributed by atoms with E-state index in [2.05, 4.69) is 10.0 Å². The first-order valence-corrected chi connectivity index (χ1v) is 11.4. The first-order chi connectivity index (χ1) is 14.7. The number of carbonyl (C=O) groups is 2. The third-order valence-corrected chi connectivity index (χ3v) is 6.12. The Kier molecular flexibility index (Phi) is 7.33. The fraction of sp³-hybridized carbons (Fsp3) is 0.0909. The molecule has 3 rings (SSSR count). The van der Waals surface area contributed by atoms with Gasteiger partial charge in [0.2, 0.25) is 5.91 Å². The van der Waals surface area contributed by atoms with Gasteiger partial charge in [-0.1, -0.05) is 35.3 Å². The molecular formula is C22H18Cl2N2O4S. The van der Waals surface area contributed by atoms with E-state index in [1.165, 1.54) is 24.3 Å². The molecule has 0 saturated heterocycles. The summed E-state index contributed by atoms with van der Waals surface area (Å²) in [5, 5.41) is 3.54. The SMILES string of the molecule is O=C(CCC(=O)c1ccc(Cl)cc1)Nc1cccc(S(=O)(=O)Nc2cccc(Cl)c2)c1. The van der Waals surface area contributed by atoms with Crippen LogP contribution in [0.5, 0.6) is 0 Å². The van der Waals surface area contributed by atoms with Crippen molar-refractivity contribution in [3.63, 3.8) is 0 Å². The maximum atomic E-state index is 12.6. The van der Waals surface area contributed by atoms with Crippen molar-refractivity contribution in [1.29, 1.82) is 0 Å². The minimum Gasteiger partial charge on any atom is -0.326 e. The van der Waals surface area contributed by atoms with E-state index >= 15 is 0 Å². The number of rotatable bonds is 8. The van der Waals surface area contributed by atoms with Crippen LogP contribution < -0.4 is 10.0 Å². The molecule has 0 saturated carbocycles. The highest BCUT2D eigenvalue weighted by atomic mass is 35.5. The van der Waals surface area contributed by atoms with Crippen LogP contribution >= 0.6 is 23.2 Å². The van der Waals surface area contributed by atoms with Crippen LogP contribution in [0.15, 0.2) is 77.7 Å². The van der Waals surface area contributed by atoms with Gasteiger partial charge < -0.3 is 5.32 Å². The lowest BCUT2D eigenvalue weighted by atomic mass is 10.1. The molecule has 1 amide bonds. The van der Waals surface area contributed by atoms with Crippen molar-refractivity contribution in [3.05, 3.63) is 88.4 Å². The molecule has 160 valence electrons. The quantitative estimate of drug-likeness (QED) is 0.425. The predicted octanol–water partition coefficient (Wildman–Crippen LogP) is 5.40. The first-order valence-electron chi connectivity index (χ1n) is 9.20. The van der Waals surface area contributed by atoms with Crippen LogP contribution in [0.25, 0.3) is 0 Å². The average molecular weight is 477 g/mol. The van der Waals surface area contributed by atoms with E-state index in [-0.39, 0.29) is 23.5 Å². The minimum atomic E-state index is -3.88. The van der Waals surface area contributed by atoms with Gasteiger partial charge >= 0.3 is 0 Å². The molecule has 0 unspecified atom stereocenters. The Morgan fingerprint density at radius 3 is 2.16 bits per heavy atom. The smallest absolute Gasteiger partial charge is 0.261 e. The second-order valence-electron chi connectivity index (χ2n) is 6.62. The van der Waals surface area contributed by atoms with Gasteiger partial charge in [0.25, 0.3) is 10.0 Å². The molecule has 0 aliphatic rings. The molecule has 0 aliphatic carbocycles. The zero-order valence-electron chi connectivity index (χ0n) is 16.1. The highest BCUT2D eigenvalue weighted by Crippen LogP contribution is 2.21. The summed E-state index contributed by atoms with van der Waals surface area (Å²) in [6, 6.07) is 18.6. The number of amides is 1. The van der Waals surface area contributed by atoms with Gasteiger partial charge in [-0.25, -0.2) is 8.42 Å². The van der Waals surface area contributed by atoms with Crippen LogP contribution in [0, 0.1) is 0 Å². The predicted molar refractivity (Wildman–Crippen MR) is 122 cm³/mol. The van der Waals surface area contributed by atoms with Gasteiger partial charge in [0.05, 0.1) is 10.6 Å². The summed E-state index contributed by atoms with van der Waals surface area (Å²) in [4.78, 5) is 24.4. The molecule has 0 fully saturated rings. The van der Waals surface area contributed by atoms with Crippen molar-refractivity contribution < 1.29 is 18.0 Å². The van der Waals surface area contributed by atoms with Crippen molar-refractivity contribution in [2.45, 2.75) is 17.7 Å². The third kappa shape index (κ3) is 6.55. The normalized spacial score (nSPS) is 11.0. The molecule has 3 aromatic rings. The van der Waals surface area contributed by atoms with Crippen molar-refractivity contribution in [2.75, 3.05) is 10.0 Å². The molecular weight excluding hydrogens is 459 g/mol. The van der Waals surface area contributed by atoms with Gasteiger partial charge in [-0.15, -0.1) is 0 Å². The Balaban J connectivity index is 1.62. The number of hydrogen-bond donors (Lipinski definition) is 2. The van der Waals surface area contributed by atoms with Crippen molar-refractivity contribution in [2.24, 2.45) is 0 Å². The Hall–Kier alpha value is -2.87. The Morgan fingerprint density at radius 1 is 0.774 bits per heavy atom. The lowest BCUT2D eigenvalue weighted by molar-refractivity contribution is -0.116. The standard InChI is InChI=1S/C22H18Cl2N2O4S/c23-16-9-7-15(8-10-16)21(27)11-12-22(28)25-18-4-2-6-20(14-18)31(29,30)26-19-5-1-3-17(24)13-19/h1-10,13-14,26H,11-12H2,(H,25,28). The van der Waals surface area contributed by atoms with Gasteiger partial charge in [-0.05, 0) is 60.7 Å². The summed E-state index contributed by atoms with van der Waals surface area (Å²) in [6.07, 6.45) is -0.0268. The summed E-state index contributed by atoms with van der Waals surface area (Å²) in [7, 11) is -3.88. The molecule has 6 nitrogen and oxygen atoms in total. The van der Waals surface area contributed by atoms with Gasteiger partial charge in [0.15, 0.2) is 5.78 Å². The molecule has 0 aromatic heterocycles. The fourth-order valence-corrected chi connectivity index (χ4v) is 4.15. The molecule has 31 heavy (non-hydrogen) atoms. The van der Waals surface area contributed by atoms with Crippen LogP contribution in [0.1, 0.15) is 23.2 Å². The summed E-state index contributed by atoms with van der Waals surface area (Å²) in [5.41, 5.74) is 1.10. The second-order valence-corrected chi connectivity index (χ2v) is 9.18. The van der Waals surface area contributed by atoms with Gasteiger partial charge in [-0.3, -0.25) is 14.3 Å². The van der Waals surface area contributed by atoms with Crippen LogP contribution in [0.3, 0.4) is 0 Å². The highest BCUT2D eigenvalue weighted by Gasteiger charge is 2.16. The van der Waals surface area contributed by atoms with Crippen LogP contribution in [-0.2, 0) is 14.8 Å². The molecule has 0 aliphatic heterocycles. The van der Waals surface area contributed by atoms with E-state index < -0.39 is 15.9 Å². The topological polar surface area (TPSA) is 92.3 Å². The highest BCUT2D eigenvalue weighted by molar-refractivity contribution is 7.92. The first kappa shape index (κ1) is 22.8. The number of Topliss-reactive ketones (excluding diaryl/α,β-unsaturated/α-hetero) is 1. The minimum absolute atomic E-state index is 0.0157. The number of nitrogens with one attached hydrogen (secondary N) is 2. The van der Waals surface area contributed by atoms with E-state index in [0.29, 0.717) is 27.0 Å². The van der Waals surface area contributed by atoms with Crippen LogP contribution in [0.2, 0.25) is 10.0 Å². The number of hydrogen-bond acceptors (Lipinski definition) is 4. The molecule has 0 heterocycles. The van der Waals surface area contributed by atoms with E-state index in [1.807, 2.05) is 0 Å². The Labute approximate surface area is 190 Å². The lowest BCUT2D eigenvalue weighted by Crippen LogP contribution is -2.15. The number of ketones is 1. The van der Waals surface area contributed by atoms with E-state index in [9.17, 15) is 18.0 Å². The number of sulfonamides is 1. The summed E-state index contributed by atoms with van der Waals surface area (Å²) >= 11 is 11.7. The zero-order chi connectivity index (χ0) is 22.4. The summed E-state index contributed by atoms with van der Waals surface area (Å²) in [6.45, 7) is 0. The fourth-order valence-electron chi connectivity index (χ4n) is 2.74. The number of halogens is 2. The Morgan fingerprint density at radius 2 is 1.45 bits per heavy atom. The Bertz CT molecular complexity index is 1210. The summed E-state index contributed by atoms with van der Waals surface area (Å²) < 4.78 is 27.7. The number of benzene rings is 3. The second kappa shape index (κ2) is 9.96. The number of carbonyl (C=O) groups excluding carboxylic acids is 2. The van der Waals surface area contributed by atoms with Crippen molar-refractivity contribution in [3.8, 4) is 0 Å². The van der Waals surface area contributed by atoms with Crippen molar-refractivity contribution in [1.82, 2.24) is 0 Å². The molecule has 3 aromatic carbocycles. The van der Waals surface area contributed by atoms with E-state index in [0.717, 1.165) is 0 Å². The molecule has 9 heteroatoms. The van der Waals surface area contributed by atoms with Gasteiger partial charge in [-0.2, -0.15) is 0 Å². The molecule has 0 atom stereocenters. The molecule has 0 radical (unpaired) electrons. The van der Waals surface area contributed by atoms with E-state index in [1.54, 1.807) is 48.5 Å². The molecule has 0 spiro atoms. The number of anilines is 2. The maximum absolute atomic E-state index is 12.6. The van der Waals surface area contributed by atoms with Crippen molar-refractivity contribution >= 4 is 56.3 Å². The molecule has 2 N–H and O–H groups in total. The van der Waals surface area contributed by atoms with Crippen LogP contribution in [0.4, 0.5) is 11.4 Å². The summed E-state index contributed by atoms with van der Waals surface area (Å²) in [5.74, 6) is -0.589. The largest absolute Gasteiger partial charge is 0.326 e. The average Bonchev–Trinajstić information content (AvgIpc) is 2.72. The maximum Gasteiger partial charge on any atom is 0.261 e.